The summed E-state index contributed by atoms with van der Waals surface area (Å²) in [7, 11) is 0. The molecule has 0 bridgehead atoms. The molecule has 146 valence electrons. The number of benzene rings is 3. The van der Waals surface area contributed by atoms with E-state index in [0.29, 0.717) is 41.3 Å². The monoisotopic (exact) mass is 479 g/mol. The minimum Gasteiger partial charge on any atom is -0.490 e. The predicted molar refractivity (Wildman–Crippen MR) is 120 cm³/mol. The first-order valence-electron chi connectivity index (χ1n) is 8.87. The SMILES string of the molecule is CCOc1cc(CNc2ccccc2)cc(Br)c1OCc1ccc(Cl)cc1Cl. The third-order valence-corrected chi connectivity index (χ3v) is 5.20. The molecule has 0 amide bonds. The molecular weight excluding hydrogens is 461 g/mol. The molecule has 3 aromatic carbocycles. The van der Waals surface area contributed by atoms with Crippen LogP contribution in [0.4, 0.5) is 5.69 Å². The van der Waals surface area contributed by atoms with E-state index in [2.05, 4.69) is 21.2 Å². The van der Waals surface area contributed by atoms with Gasteiger partial charge in [-0.1, -0.05) is 47.5 Å². The quantitative estimate of drug-likeness (QED) is 0.365. The highest BCUT2D eigenvalue weighted by molar-refractivity contribution is 9.10. The Bertz CT molecular complexity index is 935. The van der Waals surface area contributed by atoms with E-state index in [1.165, 1.54) is 0 Å². The summed E-state index contributed by atoms with van der Waals surface area (Å²) >= 11 is 15.8. The predicted octanol–water partition coefficient (Wildman–Crippen LogP) is 7.35. The molecule has 0 unspecified atom stereocenters. The van der Waals surface area contributed by atoms with Gasteiger partial charge in [-0.15, -0.1) is 0 Å². The number of hydrogen-bond acceptors (Lipinski definition) is 3. The second kappa shape index (κ2) is 10.1. The maximum atomic E-state index is 6.25. The number of ether oxygens (including phenoxy) is 2. The van der Waals surface area contributed by atoms with E-state index in [9.17, 15) is 0 Å². The number of rotatable bonds is 8. The van der Waals surface area contributed by atoms with E-state index in [1.807, 2.05) is 55.5 Å². The van der Waals surface area contributed by atoms with Gasteiger partial charge in [0.2, 0.25) is 0 Å². The molecule has 0 spiro atoms. The Morgan fingerprint density at radius 3 is 2.46 bits per heavy atom. The van der Waals surface area contributed by atoms with E-state index < -0.39 is 0 Å². The zero-order chi connectivity index (χ0) is 19.9. The van der Waals surface area contributed by atoms with Gasteiger partial charge in [-0.2, -0.15) is 0 Å². The van der Waals surface area contributed by atoms with Crippen LogP contribution in [0, 0.1) is 0 Å². The lowest BCUT2D eigenvalue weighted by Gasteiger charge is -2.16. The van der Waals surface area contributed by atoms with E-state index >= 15 is 0 Å². The number of nitrogens with one attached hydrogen (secondary N) is 1. The van der Waals surface area contributed by atoms with Crippen LogP contribution in [0.3, 0.4) is 0 Å². The van der Waals surface area contributed by atoms with Gasteiger partial charge >= 0.3 is 0 Å². The summed E-state index contributed by atoms with van der Waals surface area (Å²) in [4.78, 5) is 0. The van der Waals surface area contributed by atoms with Crippen molar-refractivity contribution in [3.8, 4) is 11.5 Å². The Morgan fingerprint density at radius 2 is 1.75 bits per heavy atom. The van der Waals surface area contributed by atoms with Crippen molar-refractivity contribution in [3.05, 3.63) is 86.3 Å². The Morgan fingerprint density at radius 1 is 0.964 bits per heavy atom. The van der Waals surface area contributed by atoms with Gasteiger partial charge in [0.05, 0.1) is 11.1 Å². The normalized spacial score (nSPS) is 10.6. The van der Waals surface area contributed by atoms with Crippen molar-refractivity contribution in [1.82, 2.24) is 0 Å². The van der Waals surface area contributed by atoms with Crippen molar-refractivity contribution >= 4 is 44.8 Å². The third-order valence-electron chi connectivity index (χ3n) is 4.03. The Labute approximate surface area is 183 Å². The van der Waals surface area contributed by atoms with Gasteiger partial charge in [0.25, 0.3) is 0 Å². The van der Waals surface area contributed by atoms with Gasteiger partial charge in [0, 0.05) is 27.8 Å². The van der Waals surface area contributed by atoms with Crippen LogP contribution in [-0.4, -0.2) is 6.61 Å². The first kappa shape index (κ1) is 20.8. The Kier molecular flexibility index (Phi) is 7.49. The van der Waals surface area contributed by atoms with Gasteiger partial charge in [0.1, 0.15) is 6.61 Å². The first-order chi connectivity index (χ1) is 13.6. The molecule has 3 nitrogen and oxygen atoms in total. The molecular formula is C22H20BrCl2NO2. The zero-order valence-electron chi connectivity index (χ0n) is 15.3. The minimum atomic E-state index is 0.316. The van der Waals surface area contributed by atoms with Crippen molar-refractivity contribution in [2.24, 2.45) is 0 Å². The molecule has 0 aromatic heterocycles. The average Bonchev–Trinajstić information content (AvgIpc) is 2.68. The summed E-state index contributed by atoms with van der Waals surface area (Å²) in [5.41, 5.74) is 3.00. The molecule has 0 heterocycles. The van der Waals surface area contributed by atoms with Gasteiger partial charge in [-0.25, -0.2) is 0 Å². The second-order valence-corrected chi connectivity index (χ2v) is 7.78. The summed E-state index contributed by atoms with van der Waals surface area (Å²) in [5.74, 6) is 1.34. The molecule has 0 saturated carbocycles. The lowest BCUT2D eigenvalue weighted by molar-refractivity contribution is 0.267. The largest absolute Gasteiger partial charge is 0.490 e. The Hall–Kier alpha value is -1.88. The van der Waals surface area contributed by atoms with E-state index in [4.69, 9.17) is 32.7 Å². The van der Waals surface area contributed by atoms with Crippen molar-refractivity contribution in [3.63, 3.8) is 0 Å². The number of hydrogen-bond donors (Lipinski definition) is 1. The van der Waals surface area contributed by atoms with E-state index in [1.54, 1.807) is 12.1 Å². The summed E-state index contributed by atoms with van der Waals surface area (Å²) in [6.45, 7) is 3.48. The summed E-state index contributed by atoms with van der Waals surface area (Å²) in [6, 6.07) is 19.4. The van der Waals surface area contributed by atoms with E-state index in [-0.39, 0.29) is 0 Å². The van der Waals surface area contributed by atoms with Gasteiger partial charge in [-0.3, -0.25) is 0 Å². The van der Waals surface area contributed by atoms with Gasteiger partial charge in [-0.05, 0) is 64.8 Å². The molecule has 1 N–H and O–H groups in total. The average molecular weight is 481 g/mol. The van der Waals surface area contributed by atoms with Crippen molar-refractivity contribution in [1.29, 1.82) is 0 Å². The molecule has 0 aliphatic carbocycles. The molecule has 0 aliphatic heterocycles. The molecule has 3 aromatic rings. The molecule has 28 heavy (non-hydrogen) atoms. The number of para-hydroxylation sites is 1. The van der Waals surface area contributed by atoms with Crippen molar-refractivity contribution in [2.75, 3.05) is 11.9 Å². The summed E-state index contributed by atoms with van der Waals surface area (Å²) in [6.07, 6.45) is 0. The molecule has 3 rings (SSSR count). The molecule has 0 atom stereocenters. The maximum absolute atomic E-state index is 6.25. The number of anilines is 1. The third kappa shape index (κ3) is 5.57. The molecule has 6 heteroatoms. The van der Waals surface area contributed by atoms with Gasteiger partial charge in [0.15, 0.2) is 11.5 Å². The van der Waals surface area contributed by atoms with Crippen LogP contribution in [0.1, 0.15) is 18.1 Å². The van der Waals surface area contributed by atoms with Crippen molar-refractivity contribution in [2.45, 2.75) is 20.1 Å². The fourth-order valence-electron chi connectivity index (χ4n) is 2.68. The van der Waals surface area contributed by atoms with Crippen LogP contribution in [0.5, 0.6) is 11.5 Å². The summed E-state index contributed by atoms with van der Waals surface area (Å²) in [5, 5.41) is 4.57. The van der Waals surface area contributed by atoms with Crippen LogP contribution in [-0.2, 0) is 13.2 Å². The molecule has 0 fully saturated rings. The van der Waals surface area contributed by atoms with Crippen LogP contribution < -0.4 is 14.8 Å². The second-order valence-electron chi connectivity index (χ2n) is 6.08. The lowest BCUT2D eigenvalue weighted by Crippen LogP contribution is -2.04. The highest BCUT2D eigenvalue weighted by atomic mass is 79.9. The minimum absolute atomic E-state index is 0.316. The van der Waals surface area contributed by atoms with Gasteiger partial charge < -0.3 is 14.8 Å². The topological polar surface area (TPSA) is 30.5 Å². The fraction of sp³-hybridized carbons (Fsp3) is 0.182. The molecule has 0 saturated heterocycles. The molecule has 0 radical (unpaired) electrons. The zero-order valence-corrected chi connectivity index (χ0v) is 18.4. The van der Waals surface area contributed by atoms with Crippen LogP contribution in [0.15, 0.2) is 65.1 Å². The maximum Gasteiger partial charge on any atom is 0.175 e. The Balaban J connectivity index is 1.76. The van der Waals surface area contributed by atoms with Crippen molar-refractivity contribution < 1.29 is 9.47 Å². The van der Waals surface area contributed by atoms with Crippen LogP contribution in [0.25, 0.3) is 0 Å². The first-order valence-corrected chi connectivity index (χ1v) is 10.4. The highest BCUT2D eigenvalue weighted by Gasteiger charge is 2.13. The lowest BCUT2D eigenvalue weighted by atomic mass is 10.2. The fourth-order valence-corrected chi connectivity index (χ4v) is 3.74. The smallest absolute Gasteiger partial charge is 0.175 e. The van der Waals surface area contributed by atoms with E-state index in [0.717, 1.165) is 21.3 Å². The molecule has 0 aliphatic rings. The highest BCUT2D eigenvalue weighted by Crippen LogP contribution is 2.38. The number of halogens is 3. The van der Waals surface area contributed by atoms with Crippen LogP contribution >= 0.6 is 39.1 Å². The standard InChI is InChI=1S/C22H20BrCl2NO2/c1-2-27-21-11-15(13-26-18-6-4-3-5-7-18)10-19(23)22(21)28-14-16-8-9-17(24)12-20(16)25/h3-12,26H,2,13-14H2,1H3. The summed E-state index contributed by atoms with van der Waals surface area (Å²) < 4.78 is 12.7. The van der Waals surface area contributed by atoms with Crippen LogP contribution in [0.2, 0.25) is 10.0 Å².